The van der Waals surface area contributed by atoms with Crippen LogP contribution in [0.3, 0.4) is 0 Å². The van der Waals surface area contributed by atoms with Crippen LogP contribution in [-0.2, 0) is 0 Å². The molecule has 0 aliphatic heterocycles. The Bertz CT molecular complexity index is 640. The van der Waals surface area contributed by atoms with Gasteiger partial charge in [-0.3, -0.25) is 4.79 Å². The summed E-state index contributed by atoms with van der Waals surface area (Å²) >= 11 is 0. The fourth-order valence-corrected chi connectivity index (χ4v) is 1.97. The second-order valence-electron chi connectivity index (χ2n) is 4.49. The highest BCUT2D eigenvalue weighted by Gasteiger charge is 2.12. The quantitative estimate of drug-likeness (QED) is 0.852. The van der Waals surface area contributed by atoms with E-state index < -0.39 is 5.97 Å². The molecule has 3 nitrogen and oxygen atoms in total. The minimum absolute atomic E-state index is 0.00564. The number of carbonyl (C=O) groups is 2. The molecule has 0 unspecified atom stereocenters. The van der Waals surface area contributed by atoms with Crippen LogP contribution in [-0.4, -0.2) is 16.9 Å². The lowest BCUT2D eigenvalue weighted by molar-refractivity contribution is 0.0697. The molecule has 0 spiro atoms. The molecule has 0 aromatic heterocycles. The number of Topliss-reactive ketones (excluding diaryl/α,β-unsaturated/α-hetero) is 1. The molecule has 0 radical (unpaired) electrons. The fraction of sp³-hybridized carbons (Fsp3) is 0.125. The Hall–Kier alpha value is -2.42. The SMILES string of the molecule is CC(=O)c1ccc(-c2ccc(C)cc2C(=O)O)cc1. The van der Waals surface area contributed by atoms with E-state index in [1.807, 2.05) is 13.0 Å². The Morgan fingerprint density at radius 3 is 2.16 bits per heavy atom. The maximum atomic E-state index is 11.3. The number of hydrogen-bond donors (Lipinski definition) is 1. The molecule has 0 aliphatic carbocycles. The van der Waals surface area contributed by atoms with Crippen molar-refractivity contribution in [3.8, 4) is 11.1 Å². The van der Waals surface area contributed by atoms with Crippen LogP contribution in [0, 0.1) is 6.92 Å². The summed E-state index contributed by atoms with van der Waals surface area (Å²) in [6.07, 6.45) is 0. The Morgan fingerprint density at radius 2 is 1.63 bits per heavy atom. The predicted octanol–water partition coefficient (Wildman–Crippen LogP) is 3.56. The number of rotatable bonds is 3. The number of ketones is 1. The molecule has 0 aliphatic rings. The van der Waals surface area contributed by atoms with Gasteiger partial charge in [-0.15, -0.1) is 0 Å². The third-order valence-corrected chi connectivity index (χ3v) is 3.01. The molecule has 0 amide bonds. The number of carbonyl (C=O) groups excluding carboxylic acids is 1. The number of carboxylic acids is 1. The molecule has 0 saturated heterocycles. The van der Waals surface area contributed by atoms with Crippen LogP contribution in [0.4, 0.5) is 0 Å². The Kier molecular flexibility index (Phi) is 3.47. The van der Waals surface area contributed by atoms with E-state index >= 15 is 0 Å². The van der Waals surface area contributed by atoms with Crippen molar-refractivity contribution in [3.05, 3.63) is 59.2 Å². The summed E-state index contributed by atoms with van der Waals surface area (Å²) < 4.78 is 0. The van der Waals surface area contributed by atoms with Crippen molar-refractivity contribution in [1.29, 1.82) is 0 Å². The van der Waals surface area contributed by atoms with Gasteiger partial charge in [-0.1, -0.05) is 42.0 Å². The number of carboxylic acid groups (broad SMARTS) is 1. The Balaban J connectivity index is 2.52. The maximum Gasteiger partial charge on any atom is 0.336 e. The minimum Gasteiger partial charge on any atom is -0.478 e. The van der Waals surface area contributed by atoms with E-state index in [0.29, 0.717) is 11.1 Å². The van der Waals surface area contributed by atoms with Crippen molar-refractivity contribution >= 4 is 11.8 Å². The monoisotopic (exact) mass is 254 g/mol. The van der Waals surface area contributed by atoms with E-state index in [1.54, 1.807) is 36.4 Å². The first-order valence-electron chi connectivity index (χ1n) is 5.94. The highest BCUT2D eigenvalue weighted by molar-refractivity contribution is 5.97. The molecule has 19 heavy (non-hydrogen) atoms. The lowest BCUT2D eigenvalue weighted by atomic mass is 9.96. The molecular formula is C16H14O3. The van der Waals surface area contributed by atoms with E-state index in [4.69, 9.17) is 0 Å². The van der Waals surface area contributed by atoms with Crippen LogP contribution in [0.1, 0.15) is 33.2 Å². The number of hydrogen-bond acceptors (Lipinski definition) is 2. The smallest absolute Gasteiger partial charge is 0.336 e. The zero-order chi connectivity index (χ0) is 14.0. The zero-order valence-corrected chi connectivity index (χ0v) is 10.8. The normalized spacial score (nSPS) is 10.2. The topological polar surface area (TPSA) is 54.4 Å². The van der Waals surface area contributed by atoms with Crippen LogP contribution in [0.2, 0.25) is 0 Å². The van der Waals surface area contributed by atoms with Crippen LogP contribution in [0.15, 0.2) is 42.5 Å². The molecule has 1 N–H and O–H groups in total. The summed E-state index contributed by atoms with van der Waals surface area (Å²) in [5.41, 5.74) is 3.25. The molecule has 3 heteroatoms. The van der Waals surface area contributed by atoms with Gasteiger partial charge in [0, 0.05) is 5.56 Å². The van der Waals surface area contributed by atoms with Crippen molar-refractivity contribution in [2.45, 2.75) is 13.8 Å². The van der Waals surface area contributed by atoms with Crippen molar-refractivity contribution in [2.75, 3.05) is 0 Å². The number of aryl methyl sites for hydroxylation is 1. The van der Waals surface area contributed by atoms with E-state index in [0.717, 1.165) is 11.1 Å². The molecule has 0 atom stereocenters. The summed E-state index contributed by atoms with van der Waals surface area (Å²) in [5.74, 6) is -0.955. The van der Waals surface area contributed by atoms with Crippen molar-refractivity contribution in [1.82, 2.24) is 0 Å². The van der Waals surface area contributed by atoms with Gasteiger partial charge >= 0.3 is 5.97 Å². The molecule has 0 bridgehead atoms. The average molecular weight is 254 g/mol. The first kappa shape index (κ1) is 13.0. The predicted molar refractivity (Wildman–Crippen MR) is 73.6 cm³/mol. The summed E-state index contributed by atoms with van der Waals surface area (Å²) in [4.78, 5) is 22.5. The van der Waals surface area contributed by atoms with Gasteiger partial charge in [-0.2, -0.15) is 0 Å². The fourth-order valence-electron chi connectivity index (χ4n) is 1.97. The van der Waals surface area contributed by atoms with Crippen molar-refractivity contribution in [3.63, 3.8) is 0 Å². The molecule has 96 valence electrons. The summed E-state index contributed by atoms with van der Waals surface area (Å²) in [5, 5.41) is 9.24. The molecular weight excluding hydrogens is 240 g/mol. The van der Waals surface area contributed by atoms with Crippen LogP contribution >= 0.6 is 0 Å². The molecule has 2 aromatic rings. The first-order chi connectivity index (χ1) is 8.99. The molecule has 2 aromatic carbocycles. The van der Waals surface area contributed by atoms with Crippen LogP contribution in [0.25, 0.3) is 11.1 Å². The van der Waals surface area contributed by atoms with Crippen molar-refractivity contribution < 1.29 is 14.7 Å². The summed E-state index contributed by atoms with van der Waals surface area (Å²) in [6, 6.07) is 12.3. The van der Waals surface area contributed by atoms with Gasteiger partial charge < -0.3 is 5.11 Å². The van der Waals surface area contributed by atoms with Gasteiger partial charge in [-0.05, 0) is 31.0 Å². The maximum absolute atomic E-state index is 11.3. The molecule has 2 rings (SSSR count). The summed E-state index contributed by atoms with van der Waals surface area (Å²) in [6.45, 7) is 3.36. The third kappa shape index (κ3) is 2.71. The van der Waals surface area contributed by atoms with Gasteiger partial charge in [0.05, 0.1) is 5.56 Å². The molecule has 0 fully saturated rings. The third-order valence-electron chi connectivity index (χ3n) is 3.01. The second-order valence-corrected chi connectivity index (χ2v) is 4.49. The van der Waals surface area contributed by atoms with Gasteiger partial charge in [0.2, 0.25) is 0 Å². The Morgan fingerprint density at radius 1 is 1.00 bits per heavy atom. The van der Waals surface area contributed by atoms with Gasteiger partial charge in [0.1, 0.15) is 0 Å². The largest absolute Gasteiger partial charge is 0.478 e. The first-order valence-corrected chi connectivity index (χ1v) is 5.94. The van der Waals surface area contributed by atoms with E-state index in [2.05, 4.69) is 0 Å². The van der Waals surface area contributed by atoms with Gasteiger partial charge in [0.25, 0.3) is 0 Å². The minimum atomic E-state index is -0.950. The standard InChI is InChI=1S/C16H14O3/c1-10-3-8-14(15(9-10)16(18)19)13-6-4-12(5-7-13)11(2)17/h3-9H,1-2H3,(H,18,19). The molecule has 0 heterocycles. The van der Waals surface area contributed by atoms with E-state index in [9.17, 15) is 14.7 Å². The summed E-state index contributed by atoms with van der Waals surface area (Å²) in [7, 11) is 0. The lowest BCUT2D eigenvalue weighted by Crippen LogP contribution is -2.00. The lowest BCUT2D eigenvalue weighted by Gasteiger charge is -2.08. The number of benzene rings is 2. The van der Waals surface area contributed by atoms with Gasteiger partial charge in [-0.25, -0.2) is 4.79 Å². The highest BCUT2D eigenvalue weighted by atomic mass is 16.4. The van der Waals surface area contributed by atoms with Gasteiger partial charge in [0.15, 0.2) is 5.78 Å². The highest BCUT2D eigenvalue weighted by Crippen LogP contribution is 2.25. The average Bonchev–Trinajstić information content (AvgIpc) is 2.38. The Labute approximate surface area is 111 Å². The van der Waals surface area contributed by atoms with E-state index in [1.165, 1.54) is 6.92 Å². The van der Waals surface area contributed by atoms with E-state index in [-0.39, 0.29) is 11.3 Å². The molecule has 0 saturated carbocycles. The van der Waals surface area contributed by atoms with Crippen molar-refractivity contribution in [2.24, 2.45) is 0 Å². The van der Waals surface area contributed by atoms with Crippen LogP contribution in [0.5, 0.6) is 0 Å². The number of aromatic carboxylic acids is 1. The zero-order valence-electron chi connectivity index (χ0n) is 10.8. The second kappa shape index (κ2) is 5.06. The van der Waals surface area contributed by atoms with Crippen LogP contribution < -0.4 is 0 Å².